The molecule has 1 amide bonds. The molecule has 2 aromatic carbocycles. The minimum atomic E-state index is -0.312. The number of carbonyl (C=O) groups excluding carboxylic acids is 1. The third-order valence-corrected chi connectivity index (χ3v) is 6.38. The average molecular weight is 408 g/mol. The number of hydrogen-bond donors (Lipinski definition) is 0. The van der Waals surface area contributed by atoms with Crippen LogP contribution in [0.25, 0.3) is 10.9 Å². The normalized spacial score (nSPS) is 16.2. The molecule has 30 heavy (non-hydrogen) atoms. The van der Waals surface area contributed by atoms with Gasteiger partial charge in [0.15, 0.2) is 0 Å². The lowest BCUT2D eigenvalue weighted by Gasteiger charge is -2.35. The van der Waals surface area contributed by atoms with Crippen molar-refractivity contribution in [2.24, 2.45) is 7.05 Å². The number of benzene rings is 2. The monoisotopic (exact) mass is 407 g/mol. The van der Waals surface area contributed by atoms with Gasteiger partial charge in [0, 0.05) is 62.7 Å². The summed E-state index contributed by atoms with van der Waals surface area (Å²) in [4.78, 5) is 17.6. The van der Waals surface area contributed by atoms with Crippen molar-refractivity contribution in [3.63, 3.8) is 0 Å². The van der Waals surface area contributed by atoms with E-state index in [0.717, 1.165) is 54.8 Å². The van der Waals surface area contributed by atoms with Crippen LogP contribution in [0, 0.1) is 12.7 Å². The standard InChI is InChI=1S/C25H30FN3O/c1-4-28-11-13-29(14-12-28)25(30)16-20(21-15-18(2)9-10-23(21)26)22-17-27(3)24-8-6-5-7-19(22)24/h5-10,15,17,20H,4,11-14,16H2,1-3H3/t20-/m0/s1. The van der Waals surface area contributed by atoms with Crippen LogP contribution in [0.3, 0.4) is 0 Å². The first-order chi connectivity index (χ1) is 14.5. The van der Waals surface area contributed by atoms with Crippen molar-refractivity contribution < 1.29 is 9.18 Å². The lowest BCUT2D eigenvalue weighted by atomic mass is 9.86. The molecular weight excluding hydrogens is 377 g/mol. The Morgan fingerprint density at radius 3 is 2.53 bits per heavy atom. The molecule has 0 spiro atoms. The lowest BCUT2D eigenvalue weighted by Crippen LogP contribution is -2.48. The van der Waals surface area contributed by atoms with E-state index >= 15 is 0 Å². The molecule has 4 rings (SSSR count). The van der Waals surface area contributed by atoms with E-state index in [1.807, 2.05) is 37.1 Å². The second-order valence-corrected chi connectivity index (χ2v) is 8.31. The molecule has 4 nitrogen and oxygen atoms in total. The van der Waals surface area contributed by atoms with E-state index in [4.69, 9.17) is 0 Å². The summed E-state index contributed by atoms with van der Waals surface area (Å²) < 4.78 is 17.0. The highest BCUT2D eigenvalue weighted by Gasteiger charge is 2.28. The van der Waals surface area contributed by atoms with Crippen molar-refractivity contribution in [2.45, 2.75) is 26.2 Å². The van der Waals surface area contributed by atoms with E-state index in [1.54, 1.807) is 6.07 Å². The van der Waals surface area contributed by atoms with Gasteiger partial charge in [-0.25, -0.2) is 4.39 Å². The largest absolute Gasteiger partial charge is 0.350 e. The summed E-state index contributed by atoms with van der Waals surface area (Å²) >= 11 is 0. The second kappa shape index (κ2) is 8.60. The number of carbonyl (C=O) groups is 1. The Bertz CT molecular complexity index is 1050. The molecule has 1 aromatic heterocycles. The van der Waals surface area contributed by atoms with Crippen molar-refractivity contribution in [3.8, 4) is 0 Å². The number of rotatable bonds is 5. The fourth-order valence-electron chi connectivity index (χ4n) is 4.59. The molecule has 1 fully saturated rings. The Balaban J connectivity index is 1.71. The van der Waals surface area contributed by atoms with Crippen molar-refractivity contribution in [2.75, 3.05) is 32.7 Å². The number of para-hydroxylation sites is 1. The predicted octanol–water partition coefficient (Wildman–Crippen LogP) is 4.31. The molecule has 0 bridgehead atoms. The van der Waals surface area contributed by atoms with Gasteiger partial charge in [-0.3, -0.25) is 4.79 Å². The number of piperazine rings is 1. The predicted molar refractivity (Wildman–Crippen MR) is 119 cm³/mol. The first-order valence-corrected chi connectivity index (χ1v) is 10.8. The number of halogens is 1. The van der Waals surface area contributed by atoms with Gasteiger partial charge >= 0.3 is 0 Å². The maximum atomic E-state index is 15.0. The average Bonchev–Trinajstić information content (AvgIpc) is 3.10. The van der Waals surface area contributed by atoms with Gasteiger partial charge in [0.1, 0.15) is 5.82 Å². The second-order valence-electron chi connectivity index (χ2n) is 8.31. The number of likely N-dealkylation sites (N-methyl/N-ethyl adjacent to an activating group) is 1. The van der Waals surface area contributed by atoms with Crippen LogP contribution in [0.5, 0.6) is 0 Å². The van der Waals surface area contributed by atoms with E-state index in [1.165, 1.54) is 6.07 Å². The zero-order valence-electron chi connectivity index (χ0n) is 18.1. The summed E-state index contributed by atoms with van der Waals surface area (Å²) in [7, 11) is 2.00. The van der Waals surface area contributed by atoms with E-state index in [0.29, 0.717) is 5.56 Å². The Labute approximate surface area is 177 Å². The zero-order chi connectivity index (χ0) is 21.3. The maximum Gasteiger partial charge on any atom is 0.223 e. The van der Waals surface area contributed by atoms with Gasteiger partial charge < -0.3 is 14.4 Å². The van der Waals surface area contributed by atoms with Crippen molar-refractivity contribution >= 4 is 16.8 Å². The molecule has 0 radical (unpaired) electrons. The minimum absolute atomic E-state index is 0.101. The number of aryl methyl sites for hydroxylation is 2. The summed E-state index contributed by atoms with van der Waals surface area (Å²) in [5, 5.41) is 1.08. The van der Waals surface area contributed by atoms with Crippen LogP contribution in [-0.4, -0.2) is 53.0 Å². The van der Waals surface area contributed by atoms with Crippen LogP contribution in [0.4, 0.5) is 4.39 Å². The third kappa shape index (κ3) is 3.99. The molecule has 3 aromatic rings. The van der Waals surface area contributed by atoms with Crippen LogP contribution < -0.4 is 0 Å². The van der Waals surface area contributed by atoms with Crippen LogP contribution in [0.2, 0.25) is 0 Å². The fraction of sp³-hybridized carbons (Fsp3) is 0.400. The maximum absolute atomic E-state index is 15.0. The summed E-state index contributed by atoms with van der Waals surface area (Å²) in [5.74, 6) is -0.459. The van der Waals surface area contributed by atoms with Gasteiger partial charge in [0.2, 0.25) is 5.91 Å². The van der Waals surface area contributed by atoms with Crippen LogP contribution in [-0.2, 0) is 11.8 Å². The summed E-state index contributed by atoms with van der Waals surface area (Å²) in [6.07, 6.45) is 2.33. The van der Waals surface area contributed by atoms with E-state index in [-0.39, 0.29) is 24.1 Å². The molecular formula is C25H30FN3O. The SMILES string of the molecule is CCN1CCN(C(=O)C[C@@H](c2cc(C)ccc2F)c2cn(C)c3ccccc23)CC1. The number of fused-ring (bicyclic) bond motifs is 1. The molecule has 158 valence electrons. The highest BCUT2D eigenvalue weighted by Crippen LogP contribution is 2.36. The minimum Gasteiger partial charge on any atom is -0.350 e. The van der Waals surface area contributed by atoms with Crippen LogP contribution in [0.15, 0.2) is 48.7 Å². The van der Waals surface area contributed by atoms with Crippen LogP contribution in [0.1, 0.15) is 36.0 Å². The quantitative estimate of drug-likeness (QED) is 0.630. The lowest BCUT2D eigenvalue weighted by molar-refractivity contribution is -0.133. The van der Waals surface area contributed by atoms with Gasteiger partial charge in [0.05, 0.1) is 0 Å². The summed E-state index contributed by atoms with van der Waals surface area (Å²) in [6, 6.07) is 13.3. The van der Waals surface area contributed by atoms with Gasteiger partial charge in [-0.2, -0.15) is 0 Å². The van der Waals surface area contributed by atoms with Gasteiger partial charge in [0.25, 0.3) is 0 Å². The number of hydrogen-bond acceptors (Lipinski definition) is 2. The van der Waals surface area contributed by atoms with Gasteiger partial charge in [-0.15, -0.1) is 0 Å². The van der Waals surface area contributed by atoms with Crippen molar-refractivity contribution in [1.29, 1.82) is 0 Å². The molecule has 1 saturated heterocycles. The van der Waals surface area contributed by atoms with E-state index < -0.39 is 0 Å². The highest BCUT2D eigenvalue weighted by molar-refractivity contribution is 5.86. The van der Waals surface area contributed by atoms with Crippen LogP contribution >= 0.6 is 0 Å². The number of nitrogens with zero attached hydrogens (tertiary/aromatic N) is 3. The number of amides is 1. The van der Waals surface area contributed by atoms with Gasteiger partial charge in [-0.05, 0) is 36.7 Å². The molecule has 0 aliphatic carbocycles. The summed E-state index contributed by atoms with van der Waals surface area (Å²) in [6.45, 7) is 8.41. The molecule has 0 unspecified atom stereocenters. The first kappa shape index (κ1) is 20.6. The fourth-order valence-corrected chi connectivity index (χ4v) is 4.59. The Morgan fingerprint density at radius 1 is 1.07 bits per heavy atom. The summed E-state index contributed by atoms with van der Waals surface area (Å²) in [5.41, 5.74) is 3.71. The van der Waals surface area contributed by atoms with Crippen molar-refractivity contribution in [3.05, 3.63) is 71.2 Å². The third-order valence-electron chi connectivity index (χ3n) is 6.38. The van der Waals surface area contributed by atoms with E-state index in [9.17, 15) is 9.18 Å². The Morgan fingerprint density at radius 2 is 1.80 bits per heavy atom. The number of aromatic nitrogens is 1. The molecule has 1 aliphatic heterocycles. The topological polar surface area (TPSA) is 28.5 Å². The highest BCUT2D eigenvalue weighted by atomic mass is 19.1. The molecule has 0 N–H and O–H groups in total. The van der Waals surface area contributed by atoms with Gasteiger partial charge in [-0.1, -0.05) is 42.8 Å². The molecule has 5 heteroatoms. The van der Waals surface area contributed by atoms with E-state index in [2.05, 4.69) is 34.7 Å². The Hall–Kier alpha value is -2.66. The smallest absolute Gasteiger partial charge is 0.223 e. The molecule has 2 heterocycles. The van der Waals surface area contributed by atoms with Crippen molar-refractivity contribution in [1.82, 2.24) is 14.4 Å². The molecule has 1 aliphatic rings. The molecule has 0 saturated carbocycles. The zero-order valence-corrected chi connectivity index (χ0v) is 18.1. The molecule has 1 atom stereocenters. The first-order valence-electron chi connectivity index (χ1n) is 10.8. The Kier molecular flexibility index (Phi) is 5.91.